The quantitative estimate of drug-likeness (QED) is 0.549. The van der Waals surface area contributed by atoms with Gasteiger partial charge in [-0.1, -0.05) is 25.5 Å². The summed E-state index contributed by atoms with van der Waals surface area (Å²) >= 11 is 0. The van der Waals surface area contributed by atoms with Gasteiger partial charge in [-0.2, -0.15) is 0 Å². The number of carbonyl (C=O) groups is 1. The van der Waals surface area contributed by atoms with Gasteiger partial charge in [-0.3, -0.25) is 9.69 Å². The molecule has 0 aliphatic heterocycles. The number of unbranched alkanes of at least 4 members (excludes halogenated alkanes) is 1. The Morgan fingerprint density at radius 3 is 2.76 bits per heavy atom. The number of nitrogens with zero attached hydrogens (tertiary/aromatic N) is 1. The van der Waals surface area contributed by atoms with Crippen molar-refractivity contribution in [1.82, 2.24) is 4.90 Å². The number of primary amides is 1. The molecule has 1 aromatic carbocycles. The summed E-state index contributed by atoms with van der Waals surface area (Å²) in [5.41, 5.74) is 11.5. The van der Waals surface area contributed by atoms with Crippen molar-refractivity contribution in [1.29, 1.82) is 0 Å². The number of anilines is 1. The highest BCUT2D eigenvalue weighted by molar-refractivity contribution is 5.75. The fourth-order valence-corrected chi connectivity index (χ4v) is 1.99. The first-order valence-corrected chi connectivity index (χ1v) is 7.19. The molecule has 1 unspecified atom stereocenters. The zero-order chi connectivity index (χ0) is 15.7. The van der Waals surface area contributed by atoms with Crippen molar-refractivity contribution in [2.24, 2.45) is 5.73 Å². The van der Waals surface area contributed by atoms with Gasteiger partial charge in [0.2, 0.25) is 5.91 Å². The number of nitrogen functional groups attached to an aromatic ring is 1. The lowest BCUT2D eigenvalue weighted by molar-refractivity contribution is -0.119. The molecule has 0 heterocycles. The van der Waals surface area contributed by atoms with Gasteiger partial charge in [0.1, 0.15) is 18.5 Å². The number of ether oxygens (including phenoxy) is 1. The molecule has 0 saturated heterocycles. The van der Waals surface area contributed by atoms with E-state index in [0.717, 1.165) is 19.4 Å². The SMILES string of the molecule is CCCCN(CC(N)=O)CC(O)COc1ccccc1N. The van der Waals surface area contributed by atoms with Crippen LogP contribution in [0.4, 0.5) is 5.69 Å². The predicted octanol–water partition coefficient (Wildman–Crippen LogP) is 0.596. The summed E-state index contributed by atoms with van der Waals surface area (Å²) in [4.78, 5) is 12.9. The molecule has 0 fully saturated rings. The van der Waals surface area contributed by atoms with Gasteiger partial charge in [-0.05, 0) is 25.1 Å². The first-order chi connectivity index (χ1) is 10.0. The van der Waals surface area contributed by atoms with Crippen LogP contribution in [-0.4, -0.2) is 48.3 Å². The van der Waals surface area contributed by atoms with E-state index in [2.05, 4.69) is 6.92 Å². The first kappa shape index (κ1) is 17.3. The van der Waals surface area contributed by atoms with Crippen molar-refractivity contribution >= 4 is 11.6 Å². The van der Waals surface area contributed by atoms with Gasteiger partial charge in [0.05, 0.1) is 12.2 Å². The van der Waals surface area contributed by atoms with Crippen molar-refractivity contribution in [2.45, 2.75) is 25.9 Å². The minimum absolute atomic E-state index is 0.121. The van der Waals surface area contributed by atoms with E-state index >= 15 is 0 Å². The molecule has 6 nitrogen and oxygen atoms in total. The van der Waals surface area contributed by atoms with Crippen LogP contribution in [0.15, 0.2) is 24.3 Å². The van der Waals surface area contributed by atoms with Crippen LogP contribution in [-0.2, 0) is 4.79 Å². The third kappa shape index (κ3) is 6.97. The Morgan fingerprint density at radius 1 is 1.43 bits per heavy atom. The van der Waals surface area contributed by atoms with E-state index in [4.69, 9.17) is 16.2 Å². The fourth-order valence-electron chi connectivity index (χ4n) is 1.99. The minimum atomic E-state index is -0.708. The molecule has 1 rings (SSSR count). The van der Waals surface area contributed by atoms with E-state index in [1.54, 1.807) is 12.1 Å². The molecular weight excluding hydrogens is 270 g/mol. The molecular formula is C15H25N3O3. The van der Waals surface area contributed by atoms with Crippen LogP contribution in [0.2, 0.25) is 0 Å². The zero-order valence-electron chi connectivity index (χ0n) is 12.5. The first-order valence-electron chi connectivity index (χ1n) is 7.19. The average Bonchev–Trinajstić information content (AvgIpc) is 2.43. The number of hydrogen-bond acceptors (Lipinski definition) is 5. The van der Waals surface area contributed by atoms with Crippen molar-refractivity contribution in [3.05, 3.63) is 24.3 Å². The topological polar surface area (TPSA) is 102 Å². The lowest BCUT2D eigenvalue weighted by Crippen LogP contribution is -2.41. The van der Waals surface area contributed by atoms with Gasteiger partial charge in [0.25, 0.3) is 0 Å². The van der Waals surface area contributed by atoms with E-state index in [-0.39, 0.29) is 13.2 Å². The molecule has 21 heavy (non-hydrogen) atoms. The van der Waals surface area contributed by atoms with Crippen LogP contribution < -0.4 is 16.2 Å². The van der Waals surface area contributed by atoms with E-state index in [9.17, 15) is 9.90 Å². The zero-order valence-corrected chi connectivity index (χ0v) is 12.5. The molecule has 1 atom stereocenters. The van der Waals surface area contributed by atoms with Gasteiger partial charge in [0.15, 0.2) is 0 Å². The molecule has 0 aliphatic rings. The normalized spacial score (nSPS) is 12.3. The van der Waals surface area contributed by atoms with E-state index < -0.39 is 12.0 Å². The van der Waals surface area contributed by atoms with Crippen LogP contribution in [0.3, 0.4) is 0 Å². The van der Waals surface area contributed by atoms with Gasteiger partial charge < -0.3 is 21.3 Å². The van der Waals surface area contributed by atoms with Crippen LogP contribution >= 0.6 is 0 Å². The Morgan fingerprint density at radius 2 is 2.14 bits per heavy atom. The predicted molar refractivity (Wildman–Crippen MR) is 82.9 cm³/mol. The number of hydrogen-bond donors (Lipinski definition) is 3. The number of nitrogens with two attached hydrogens (primary N) is 2. The van der Waals surface area contributed by atoms with E-state index in [1.807, 2.05) is 17.0 Å². The summed E-state index contributed by atoms with van der Waals surface area (Å²) in [5.74, 6) is 0.151. The molecule has 1 amide bonds. The molecule has 0 aliphatic carbocycles. The number of para-hydroxylation sites is 2. The second kappa shape index (κ2) is 9.20. The third-order valence-electron chi connectivity index (χ3n) is 3.03. The van der Waals surface area contributed by atoms with E-state index in [0.29, 0.717) is 18.0 Å². The van der Waals surface area contributed by atoms with Gasteiger partial charge >= 0.3 is 0 Å². The van der Waals surface area contributed by atoms with Crippen molar-refractivity contribution in [3.63, 3.8) is 0 Å². The maximum Gasteiger partial charge on any atom is 0.231 e. The third-order valence-corrected chi connectivity index (χ3v) is 3.03. The molecule has 0 bridgehead atoms. The Hall–Kier alpha value is -1.79. The number of rotatable bonds is 10. The lowest BCUT2D eigenvalue weighted by Gasteiger charge is -2.23. The summed E-state index contributed by atoms with van der Waals surface area (Å²) in [5, 5.41) is 10.0. The number of carbonyl (C=O) groups excluding carboxylic acids is 1. The number of amides is 1. The van der Waals surface area contributed by atoms with Crippen molar-refractivity contribution in [3.8, 4) is 5.75 Å². The Balaban J connectivity index is 2.43. The highest BCUT2D eigenvalue weighted by atomic mass is 16.5. The molecule has 1 aromatic rings. The summed E-state index contributed by atoms with van der Waals surface area (Å²) in [6, 6.07) is 7.12. The number of aliphatic hydroxyl groups excluding tert-OH is 1. The Labute approximate surface area is 125 Å². The number of aliphatic hydroxyl groups is 1. The molecule has 118 valence electrons. The lowest BCUT2D eigenvalue weighted by atomic mass is 10.2. The average molecular weight is 295 g/mol. The molecule has 6 heteroatoms. The van der Waals surface area contributed by atoms with Gasteiger partial charge in [0, 0.05) is 6.54 Å². The Kier molecular flexibility index (Phi) is 7.56. The maximum atomic E-state index is 11.0. The molecule has 0 radical (unpaired) electrons. The van der Waals surface area contributed by atoms with Gasteiger partial charge in [-0.15, -0.1) is 0 Å². The highest BCUT2D eigenvalue weighted by Gasteiger charge is 2.14. The fraction of sp³-hybridized carbons (Fsp3) is 0.533. The van der Waals surface area contributed by atoms with E-state index in [1.165, 1.54) is 0 Å². The molecule has 0 aromatic heterocycles. The minimum Gasteiger partial charge on any atom is -0.489 e. The monoisotopic (exact) mass is 295 g/mol. The van der Waals surface area contributed by atoms with Crippen LogP contribution in [0.1, 0.15) is 19.8 Å². The highest BCUT2D eigenvalue weighted by Crippen LogP contribution is 2.19. The smallest absolute Gasteiger partial charge is 0.231 e. The summed E-state index contributed by atoms with van der Waals surface area (Å²) < 4.78 is 5.49. The summed E-state index contributed by atoms with van der Waals surface area (Å²) in [6.07, 6.45) is 1.26. The Bertz CT molecular complexity index is 440. The van der Waals surface area contributed by atoms with Crippen LogP contribution in [0.25, 0.3) is 0 Å². The summed E-state index contributed by atoms with van der Waals surface area (Å²) in [7, 11) is 0. The largest absolute Gasteiger partial charge is 0.489 e. The maximum absolute atomic E-state index is 11.0. The second-order valence-corrected chi connectivity index (χ2v) is 5.06. The van der Waals surface area contributed by atoms with Crippen molar-refractivity contribution in [2.75, 3.05) is 32.0 Å². The number of benzene rings is 1. The molecule has 5 N–H and O–H groups in total. The molecule has 0 saturated carbocycles. The molecule has 0 spiro atoms. The van der Waals surface area contributed by atoms with Crippen molar-refractivity contribution < 1.29 is 14.6 Å². The summed E-state index contributed by atoms with van der Waals surface area (Å²) in [6.45, 7) is 3.40. The second-order valence-electron chi connectivity index (χ2n) is 5.06. The van der Waals surface area contributed by atoms with Crippen LogP contribution in [0.5, 0.6) is 5.75 Å². The van der Waals surface area contributed by atoms with Gasteiger partial charge in [-0.25, -0.2) is 0 Å². The van der Waals surface area contributed by atoms with Crippen LogP contribution in [0, 0.1) is 0 Å². The standard InChI is InChI=1S/C15H25N3O3/c1-2-3-8-18(10-15(17)20)9-12(19)11-21-14-7-5-4-6-13(14)16/h4-7,12,19H,2-3,8-11,16H2,1H3,(H2,17,20).